The Balaban J connectivity index is 1.64. The van der Waals surface area contributed by atoms with Crippen molar-refractivity contribution in [2.24, 2.45) is 0 Å². The molecular formula is C18H19N3O3. The number of pyridine rings is 1. The van der Waals surface area contributed by atoms with Crippen molar-refractivity contribution >= 4 is 23.4 Å². The van der Waals surface area contributed by atoms with Crippen molar-refractivity contribution in [2.45, 2.75) is 12.8 Å². The molecule has 24 heavy (non-hydrogen) atoms. The summed E-state index contributed by atoms with van der Waals surface area (Å²) in [6.45, 7) is 2.07. The molecule has 0 unspecified atom stereocenters. The van der Waals surface area contributed by atoms with Gasteiger partial charge in [0.2, 0.25) is 0 Å². The maximum Gasteiger partial charge on any atom is 0.337 e. The number of ether oxygens (including phenoxy) is 1. The van der Waals surface area contributed by atoms with Crippen LogP contribution in [0.3, 0.4) is 0 Å². The third-order valence-electron chi connectivity index (χ3n) is 4.00. The molecule has 1 amide bonds. The van der Waals surface area contributed by atoms with Crippen molar-refractivity contribution in [3.8, 4) is 0 Å². The van der Waals surface area contributed by atoms with Gasteiger partial charge in [-0.25, -0.2) is 9.78 Å². The van der Waals surface area contributed by atoms with Crippen LogP contribution in [0.2, 0.25) is 0 Å². The Morgan fingerprint density at radius 3 is 2.29 bits per heavy atom. The summed E-state index contributed by atoms with van der Waals surface area (Å²) in [4.78, 5) is 30.3. The fourth-order valence-corrected chi connectivity index (χ4v) is 2.67. The standard InChI is InChI=1S/C18H19N3O3/c1-24-18(23)14-6-4-13(5-7-14)17(22)20-15-8-9-16(19-12-15)21-10-2-3-11-21/h4-9,12H,2-3,10-11H2,1H3,(H,20,22). The zero-order valence-corrected chi connectivity index (χ0v) is 13.5. The molecule has 6 nitrogen and oxygen atoms in total. The first-order valence-corrected chi connectivity index (χ1v) is 7.88. The average Bonchev–Trinajstić information content (AvgIpc) is 3.16. The Bertz CT molecular complexity index is 720. The first-order valence-electron chi connectivity index (χ1n) is 7.88. The number of hydrogen-bond acceptors (Lipinski definition) is 5. The van der Waals surface area contributed by atoms with Gasteiger partial charge >= 0.3 is 5.97 Å². The minimum atomic E-state index is -0.427. The van der Waals surface area contributed by atoms with Gasteiger partial charge in [0.05, 0.1) is 24.6 Å². The molecule has 6 heteroatoms. The van der Waals surface area contributed by atoms with Gasteiger partial charge in [0, 0.05) is 18.7 Å². The van der Waals surface area contributed by atoms with E-state index in [4.69, 9.17) is 0 Å². The first kappa shape index (κ1) is 16.0. The quantitative estimate of drug-likeness (QED) is 0.875. The van der Waals surface area contributed by atoms with E-state index in [0.29, 0.717) is 16.8 Å². The van der Waals surface area contributed by atoms with Crippen molar-refractivity contribution < 1.29 is 14.3 Å². The summed E-state index contributed by atoms with van der Waals surface area (Å²) in [5.74, 6) is 0.263. The zero-order valence-electron chi connectivity index (χ0n) is 13.5. The van der Waals surface area contributed by atoms with Gasteiger partial charge in [-0.3, -0.25) is 4.79 Å². The molecule has 1 aliphatic heterocycles. The Labute approximate surface area is 140 Å². The molecule has 0 spiro atoms. The van der Waals surface area contributed by atoms with Gasteiger partial charge in [0.1, 0.15) is 5.82 Å². The van der Waals surface area contributed by atoms with Crippen molar-refractivity contribution in [3.05, 3.63) is 53.7 Å². The van der Waals surface area contributed by atoms with Gasteiger partial charge in [-0.2, -0.15) is 0 Å². The predicted octanol–water partition coefficient (Wildman–Crippen LogP) is 2.72. The van der Waals surface area contributed by atoms with Crippen LogP contribution in [0.5, 0.6) is 0 Å². The van der Waals surface area contributed by atoms with Gasteiger partial charge in [0.15, 0.2) is 0 Å². The molecule has 0 atom stereocenters. The normalized spacial score (nSPS) is 13.6. The van der Waals surface area contributed by atoms with E-state index in [2.05, 4.69) is 19.9 Å². The SMILES string of the molecule is COC(=O)c1ccc(C(=O)Nc2ccc(N3CCCC3)nc2)cc1. The molecule has 1 N–H and O–H groups in total. The fraction of sp³-hybridized carbons (Fsp3) is 0.278. The van der Waals surface area contributed by atoms with Crippen LogP contribution in [-0.4, -0.2) is 37.1 Å². The number of nitrogens with zero attached hydrogens (tertiary/aromatic N) is 2. The Morgan fingerprint density at radius 1 is 1.04 bits per heavy atom. The fourth-order valence-electron chi connectivity index (χ4n) is 2.67. The molecule has 1 aliphatic rings. The van der Waals surface area contributed by atoms with E-state index in [-0.39, 0.29) is 5.91 Å². The minimum Gasteiger partial charge on any atom is -0.465 e. The van der Waals surface area contributed by atoms with E-state index in [1.807, 2.05) is 12.1 Å². The second-order valence-electron chi connectivity index (χ2n) is 5.62. The lowest BCUT2D eigenvalue weighted by molar-refractivity contribution is 0.0600. The van der Waals surface area contributed by atoms with Crippen LogP contribution in [0.25, 0.3) is 0 Å². The molecular weight excluding hydrogens is 306 g/mol. The molecule has 0 saturated carbocycles. The number of rotatable bonds is 4. The van der Waals surface area contributed by atoms with Crippen molar-refractivity contribution in [1.29, 1.82) is 0 Å². The van der Waals surface area contributed by atoms with Crippen LogP contribution in [0.1, 0.15) is 33.6 Å². The minimum absolute atomic E-state index is 0.248. The molecule has 1 aromatic heterocycles. The van der Waals surface area contributed by atoms with Gasteiger partial charge in [-0.15, -0.1) is 0 Å². The first-order chi connectivity index (χ1) is 11.7. The molecule has 3 rings (SSSR count). The molecule has 2 aromatic rings. The van der Waals surface area contributed by atoms with Crippen LogP contribution in [-0.2, 0) is 4.74 Å². The second-order valence-corrected chi connectivity index (χ2v) is 5.62. The highest BCUT2D eigenvalue weighted by molar-refractivity contribution is 6.04. The maximum absolute atomic E-state index is 12.2. The van der Waals surface area contributed by atoms with Gasteiger partial charge in [0.25, 0.3) is 5.91 Å². The van der Waals surface area contributed by atoms with Crippen molar-refractivity contribution in [1.82, 2.24) is 4.98 Å². The third kappa shape index (κ3) is 3.53. The number of anilines is 2. The monoisotopic (exact) mass is 325 g/mol. The Hall–Kier alpha value is -2.89. The smallest absolute Gasteiger partial charge is 0.337 e. The number of carbonyl (C=O) groups excluding carboxylic acids is 2. The molecule has 0 aliphatic carbocycles. The highest BCUT2D eigenvalue weighted by Gasteiger charge is 2.14. The lowest BCUT2D eigenvalue weighted by Gasteiger charge is -2.16. The summed E-state index contributed by atoms with van der Waals surface area (Å²) in [6, 6.07) is 10.1. The summed E-state index contributed by atoms with van der Waals surface area (Å²) in [5.41, 5.74) is 1.51. The third-order valence-corrected chi connectivity index (χ3v) is 4.00. The largest absolute Gasteiger partial charge is 0.465 e. The lowest BCUT2D eigenvalue weighted by atomic mass is 10.1. The molecule has 124 valence electrons. The van der Waals surface area contributed by atoms with E-state index < -0.39 is 5.97 Å². The molecule has 2 heterocycles. The molecule has 1 saturated heterocycles. The van der Waals surface area contributed by atoms with E-state index in [9.17, 15) is 9.59 Å². The van der Waals surface area contributed by atoms with Crippen LogP contribution in [0, 0.1) is 0 Å². The van der Waals surface area contributed by atoms with Gasteiger partial charge in [-0.05, 0) is 49.2 Å². The molecule has 0 radical (unpaired) electrons. The number of nitrogens with one attached hydrogen (secondary N) is 1. The summed E-state index contributed by atoms with van der Waals surface area (Å²) in [5, 5.41) is 2.80. The zero-order chi connectivity index (χ0) is 16.9. The second kappa shape index (κ2) is 7.12. The number of methoxy groups -OCH3 is 1. The van der Waals surface area contributed by atoms with E-state index >= 15 is 0 Å². The maximum atomic E-state index is 12.2. The summed E-state index contributed by atoms with van der Waals surface area (Å²) in [6.07, 6.45) is 4.05. The summed E-state index contributed by atoms with van der Waals surface area (Å²) >= 11 is 0. The molecule has 1 aromatic carbocycles. The van der Waals surface area contributed by atoms with Crippen LogP contribution in [0.4, 0.5) is 11.5 Å². The summed E-state index contributed by atoms with van der Waals surface area (Å²) in [7, 11) is 1.32. The Morgan fingerprint density at radius 2 is 1.71 bits per heavy atom. The van der Waals surface area contributed by atoms with Crippen LogP contribution in [0.15, 0.2) is 42.6 Å². The van der Waals surface area contributed by atoms with Gasteiger partial charge in [-0.1, -0.05) is 0 Å². The summed E-state index contributed by atoms with van der Waals surface area (Å²) < 4.78 is 4.63. The number of carbonyl (C=O) groups is 2. The number of esters is 1. The van der Waals surface area contributed by atoms with E-state index in [0.717, 1.165) is 18.9 Å². The predicted molar refractivity (Wildman–Crippen MR) is 91.4 cm³/mol. The van der Waals surface area contributed by atoms with Crippen molar-refractivity contribution in [3.63, 3.8) is 0 Å². The number of amides is 1. The number of aromatic nitrogens is 1. The number of benzene rings is 1. The van der Waals surface area contributed by atoms with E-state index in [1.165, 1.54) is 20.0 Å². The van der Waals surface area contributed by atoms with Gasteiger partial charge < -0.3 is 15.0 Å². The van der Waals surface area contributed by atoms with Crippen LogP contribution < -0.4 is 10.2 Å². The van der Waals surface area contributed by atoms with Crippen LogP contribution >= 0.6 is 0 Å². The molecule has 0 bridgehead atoms. The average molecular weight is 325 g/mol. The molecule has 1 fully saturated rings. The highest BCUT2D eigenvalue weighted by Crippen LogP contribution is 2.19. The number of hydrogen-bond donors (Lipinski definition) is 1. The topological polar surface area (TPSA) is 71.5 Å². The Kier molecular flexibility index (Phi) is 4.74. The lowest BCUT2D eigenvalue weighted by Crippen LogP contribution is -2.19. The van der Waals surface area contributed by atoms with E-state index in [1.54, 1.807) is 30.5 Å². The van der Waals surface area contributed by atoms with Crippen molar-refractivity contribution in [2.75, 3.05) is 30.4 Å². The highest BCUT2D eigenvalue weighted by atomic mass is 16.5.